The third-order valence-electron chi connectivity index (χ3n) is 5.04. The van der Waals surface area contributed by atoms with Crippen LogP contribution in [0.25, 0.3) is 6.08 Å². The first kappa shape index (κ1) is 19.5. The number of carbonyl (C=O) groups is 1. The van der Waals surface area contributed by atoms with Gasteiger partial charge in [0, 0.05) is 30.0 Å². The highest BCUT2D eigenvalue weighted by Gasteiger charge is 2.25. The molecule has 0 spiro atoms. The molecule has 1 aliphatic carbocycles. The van der Waals surface area contributed by atoms with Crippen molar-refractivity contribution < 1.29 is 9.53 Å². The van der Waals surface area contributed by atoms with Gasteiger partial charge in [-0.05, 0) is 59.9 Å². The lowest BCUT2D eigenvalue weighted by atomic mass is 10.1. The normalized spacial score (nSPS) is 18.8. The minimum Gasteiger partial charge on any atom is -0.378 e. The van der Waals surface area contributed by atoms with Crippen LogP contribution in [0.4, 0.5) is 0 Å². The van der Waals surface area contributed by atoms with Crippen LogP contribution in [0.2, 0.25) is 5.02 Å². The number of halogens is 1. The first-order chi connectivity index (χ1) is 14.2. The molecule has 2 heterocycles. The summed E-state index contributed by atoms with van der Waals surface area (Å²) >= 11 is 6.02. The summed E-state index contributed by atoms with van der Waals surface area (Å²) in [6.07, 6.45) is 7.51. The molecule has 2 aliphatic rings. The molecule has 1 fully saturated rings. The van der Waals surface area contributed by atoms with Gasteiger partial charge in [-0.2, -0.15) is 5.10 Å². The van der Waals surface area contributed by atoms with Crippen LogP contribution in [0.1, 0.15) is 28.9 Å². The molecule has 7 heteroatoms. The molecule has 0 bridgehead atoms. The topological polar surface area (TPSA) is 69.7 Å². The maximum atomic E-state index is 12.1. The van der Waals surface area contributed by atoms with Crippen molar-refractivity contribution >= 4 is 29.8 Å². The van der Waals surface area contributed by atoms with Gasteiger partial charge in [-0.1, -0.05) is 23.7 Å². The van der Waals surface area contributed by atoms with Crippen LogP contribution in [0, 0.1) is 0 Å². The highest BCUT2D eigenvalue weighted by atomic mass is 35.5. The van der Waals surface area contributed by atoms with Gasteiger partial charge in [0.15, 0.2) is 0 Å². The molecule has 29 heavy (non-hydrogen) atoms. The van der Waals surface area contributed by atoms with Gasteiger partial charge in [0.05, 0.1) is 19.4 Å². The number of carbonyl (C=O) groups excluding carboxylic acids is 1. The molecule has 2 aromatic rings. The molecule has 0 atom stereocenters. The van der Waals surface area contributed by atoms with Crippen LogP contribution in [-0.2, 0) is 4.74 Å². The lowest BCUT2D eigenvalue weighted by Crippen LogP contribution is -2.36. The highest BCUT2D eigenvalue weighted by molar-refractivity contribution is 6.30. The first-order valence-corrected chi connectivity index (χ1v) is 10.1. The Kier molecular flexibility index (Phi) is 6.12. The van der Waals surface area contributed by atoms with Crippen molar-refractivity contribution in [2.24, 2.45) is 5.10 Å². The van der Waals surface area contributed by atoms with E-state index in [9.17, 15) is 4.79 Å². The Morgan fingerprint density at radius 2 is 1.97 bits per heavy atom. The number of morpholine rings is 1. The van der Waals surface area contributed by atoms with Crippen molar-refractivity contribution in [3.8, 4) is 0 Å². The Balaban J connectivity index is 1.58. The standard InChI is InChI=1S/C22H23ClN4O2/c23-19-7-3-16(4-8-19)14-17-5-6-18(21(17)27-10-12-29-13-11-27)15-25-26-22(28)20-2-1-9-24-20/h1-4,7-9,14-15,24H,5-6,10-13H2,(H,26,28)/b17-14+,25-15-. The van der Waals surface area contributed by atoms with Gasteiger partial charge in [0.1, 0.15) is 5.69 Å². The third kappa shape index (κ3) is 4.78. The summed E-state index contributed by atoms with van der Waals surface area (Å²) < 4.78 is 5.52. The van der Waals surface area contributed by atoms with Crippen molar-refractivity contribution in [1.29, 1.82) is 0 Å². The predicted octanol–water partition coefficient (Wildman–Crippen LogP) is 3.85. The smallest absolute Gasteiger partial charge is 0.287 e. The molecule has 0 radical (unpaired) electrons. The van der Waals surface area contributed by atoms with Gasteiger partial charge >= 0.3 is 0 Å². The van der Waals surface area contributed by atoms with E-state index in [0.717, 1.165) is 42.1 Å². The van der Waals surface area contributed by atoms with Crippen LogP contribution >= 0.6 is 11.6 Å². The van der Waals surface area contributed by atoms with E-state index in [1.54, 1.807) is 24.5 Å². The van der Waals surface area contributed by atoms with Gasteiger partial charge in [-0.25, -0.2) is 5.43 Å². The molecule has 1 aliphatic heterocycles. The van der Waals surface area contributed by atoms with Gasteiger partial charge in [0.2, 0.25) is 0 Å². The largest absolute Gasteiger partial charge is 0.378 e. The molecule has 1 aromatic carbocycles. The summed E-state index contributed by atoms with van der Waals surface area (Å²) in [5.74, 6) is -0.255. The molecule has 0 saturated carbocycles. The maximum Gasteiger partial charge on any atom is 0.287 e. The second-order valence-electron chi connectivity index (χ2n) is 6.98. The summed E-state index contributed by atoms with van der Waals surface area (Å²) in [6.45, 7) is 3.12. The van der Waals surface area contributed by atoms with Crippen molar-refractivity contribution in [1.82, 2.24) is 15.3 Å². The molecule has 150 valence electrons. The number of H-pyrrole nitrogens is 1. The lowest BCUT2D eigenvalue weighted by molar-refractivity contribution is 0.0548. The van der Waals surface area contributed by atoms with Crippen molar-refractivity contribution in [2.75, 3.05) is 26.3 Å². The van der Waals surface area contributed by atoms with E-state index in [1.807, 2.05) is 24.3 Å². The fourth-order valence-corrected chi connectivity index (χ4v) is 3.76. The number of nitrogens with zero attached hydrogens (tertiary/aromatic N) is 2. The van der Waals surface area contributed by atoms with Crippen molar-refractivity contribution in [3.63, 3.8) is 0 Å². The first-order valence-electron chi connectivity index (χ1n) is 9.70. The Labute approximate surface area is 174 Å². The number of hydrogen-bond donors (Lipinski definition) is 2. The number of benzene rings is 1. The van der Waals surface area contributed by atoms with Gasteiger partial charge in [0.25, 0.3) is 5.91 Å². The monoisotopic (exact) mass is 410 g/mol. The predicted molar refractivity (Wildman–Crippen MR) is 115 cm³/mol. The zero-order chi connectivity index (χ0) is 20.1. The minimum atomic E-state index is -0.255. The summed E-state index contributed by atoms with van der Waals surface area (Å²) in [5.41, 5.74) is 7.79. The Morgan fingerprint density at radius 1 is 1.17 bits per heavy atom. The number of aromatic amines is 1. The molecule has 1 aromatic heterocycles. The number of ether oxygens (including phenoxy) is 1. The van der Waals surface area contributed by atoms with Gasteiger partial charge in [-0.15, -0.1) is 0 Å². The Bertz CT molecular complexity index is 940. The zero-order valence-electron chi connectivity index (χ0n) is 16.0. The molecule has 4 rings (SSSR count). The lowest BCUT2D eigenvalue weighted by Gasteiger charge is -2.31. The third-order valence-corrected chi connectivity index (χ3v) is 5.29. The molecule has 1 amide bonds. The summed E-state index contributed by atoms with van der Waals surface area (Å²) in [6, 6.07) is 11.3. The molecule has 6 nitrogen and oxygen atoms in total. The second kappa shape index (κ2) is 9.11. The average molecular weight is 411 g/mol. The number of hydrogen-bond acceptors (Lipinski definition) is 4. The number of amides is 1. The fraction of sp³-hybridized carbons (Fsp3) is 0.273. The molecule has 1 saturated heterocycles. The minimum absolute atomic E-state index is 0.255. The van der Waals surface area contributed by atoms with Gasteiger partial charge < -0.3 is 14.6 Å². The highest BCUT2D eigenvalue weighted by Crippen LogP contribution is 2.35. The van der Waals surface area contributed by atoms with E-state index in [-0.39, 0.29) is 5.91 Å². The number of aromatic nitrogens is 1. The summed E-state index contributed by atoms with van der Waals surface area (Å²) in [5, 5.41) is 4.93. The molecule has 0 unspecified atom stereocenters. The average Bonchev–Trinajstić information content (AvgIpc) is 3.41. The van der Waals surface area contributed by atoms with Crippen LogP contribution in [-0.4, -0.2) is 48.3 Å². The number of hydrazone groups is 1. The fourth-order valence-electron chi connectivity index (χ4n) is 3.63. The second-order valence-corrected chi connectivity index (χ2v) is 7.41. The number of rotatable bonds is 5. The van der Waals surface area contributed by atoms with E-state index in [2.05, 4.69) is 26.5 Å². The SMILES string of the molecule is O=C(N/N=C\C1=C(N2CCOCC2)C(=C/c2ccc(Cl)cc2)/CC1)c1ccc[nH]1. The molecular weight excluding hydrogens is 388 g/mol. The van der Waals surface area contributed by atoms with Crippen LogP contribution in [0.5, 0.6) is 0 Å². The Morgan fingerprint density at radius 3 is 2.69 bits per heavy atom. The number of allylic oxidation sites excluding steroid dienone is 2. The van der Waals surface area contributed by atoms with Gasteiger partial charge in [-0.3, -0.25) is 4.79 Å². The maximum absolute atomic E-state index is 12.1. The number of nitrogens with one attached hydrogen (secondary N) is 2. The van der Waals surface area contributed by atoms with E-state index >= 15 is 0 Å². The van der Waals surface area contributed by atoms with Crippen molar-refractivity contribution in [3.05, 3.63) is 75.7 Å². The van der Waals surface area contributed by atoms with E-state index in [1.165, 1.54) is 11.3 Å². The zero-order valence-corrected chi connectivity index (χ0v) is 16.8. The van der Waals surface area contributed by atoms with E-state index < -0.39 is 0 Å². The van der Waals surface area contributed by atoms with Crippen molar-refractivity contribution in [2.45, 2.75) is 12.8 Å². The summed E-state index contributed by atoms with van der Waals surface area (Å²) in [4.78, 5) is 17.3. The van der Waals surface area contributed by atoms with E-state index in [0.29, 0.717) is 18.9 Å². The molecule has 2 N–H and O–H groups in total. The van der Waals surface area contributed by atoms with Crippen LogP contribution in [0.3, 0.4) is 0 Å². The Hall–Kier alpha value is -2.83. The summed E-state index contributed by atoms with van der Waals surface area (Å²) in [7, 11) is 0. The van der Waals surface area contributed by atoms with Crippen LogP contribution < -0.4 is 5.43 Å². The van der Waals surface area contributed by atoms with E-state index in [4.69, 9.17) is 16.3 Å². The quantitative estimate of drug-likeness (QED) is 0.581. The molecular formula is C22H23ClN4O2. The van der Waals surface area contributed by atoms with Crippen LogP contribution in [0.15, 0.2) is 64.5 Å².